The summed E-state index contributed by atoms with van der Waals surface area (Å²) in [5.74, 6) is -0.641. The van der Waals surface area contributed by atoms with Crippen LogP contribution in [0.5, 0.6) is 0 Å². The van der Waals surface area contributed by atoms with Crippen molar-refractivity contribution in [2.45, 2.75) is 13.0 Å². The highest BCUT2D eigenvalue weighted by atomic mass is 19.1. The van der Waals surface area contributed by atoms with Crippen molar-refractivity contribution >= 4 is 11.4 Å². The molecule has 2 rings (SSSR count). The molecular weight excluding hydrogens is 246 g/mol. The first kappa shape index (κ1) is 13.5. The van der Waals surface area contributed by atoms with Gasteiger partial charge < -0.3 is 10.6 Å². The van der Waals surface area contributed by atoms with Gasteiger partial charge in [0, 0.05) is 24.5 Å². The van der Waals surface area contributed by atoms with Crippen molar-refractivity contribution in [1.29, 1.82) is 0 Å². The zero-order chi connectivity index (χ0) is 14.0. The molecule has 2 nitrogen and oxygen atoms in total. The highest BCUT2D eigenvalue weighted by Gasteiger charge is 2.13. The van der Waals surface area contributed by atoms with E-state index in [2.05, 4.69) is 0 Å². The van der Waals surface area contributed by atoms with Crippen LogP contribution in [-0.2, 0) is 0 Å². The number of anilines is 2. The highest BCUT2D eigenvalue weighted by molar-refractivity contribution is 5.66. The van der Waals surface area contributed by atoms with Crippen molar-refractivity contribution in [3.63, 3.8) is 0 Å². The molecule has 2 aromatic carbocycles. The lowest BCUT2D eigenvalue weighted by atomic mass is 10.1. The molecular formula is C15H16F2N2. The van der Waals surface area contributed by atoms with E-state index in [1.807, 2.05) is 0 Å². The molecule has 0 aliphatic heterocycles. The van der Waals surface area contributed by atoms with Crippen LogP contribution in [0.15, 0.2) is 42.5 Å². The van der Waals surface area contributed by atoms with E-state index in [1.54, 1.807) is 37.1 Å². The van der Waals surface area contributed by atoms with E-state index in [0.717, 1.165) is 5.69 Å². The van der Waals surface area contributed by atoms with Crippen molar-refractivity contribution in [3.8, 4) is 0 Å². The predicted molar refractivity (Wildman–Crippen MR) is 73.5 cm³/mol. The number of nitrogens with two attached hydrogens (primary N) is 1. The molecule has 0 spiro atoms. The summed E-state index contributed by atoms with van der Waals surface area (Å²) in [6.07, 6.45) is 0. The van der Waals surface area contributed by atoms with Gasteiger partial charge in [0.1, 0.15) is 11.6 Å². The normalized spacial score (nSPS) is 12.3. The molecule has 0 fully saturated rings. The molecule has 100 valence electrons. The lowest BCUT2D eigenvalue weighted by Crippen LogP contribution is -2.16. The number of nitrogens with zero attached hydrogens (tertiary/aromatic N) is 1. The summed E-state index contributed by atoms with van der Waals surface area (Å²) < 4.78 is 26.6. The summed E-state index contributed by atoms with van der Waals surface area (Å²) in [4.78, 5) is 1.79. The van der Waals surface area contributed by atoms with Gasteiger partial charge in [-0.3, -0.25) is 0 Å². The number of benzene rings is 2. The first-order valence-corrected chi connectivity index (χ1v) is 6.03. The van der Waals surface area contributed by atoms with Crippen LogP contribution < -0.4 is 10.6 Å². The van der Waals surface area contributed by atoms with Gasteiger partial charge in [0.05, 0.1) is 0 Å². The molecule has 0 heterocycles. The Balaban J connectivity index is 2.46. The van der Waals surface area contributed by atoms with Gasteiger partial charge >= 0.3 is 0 Å². The van der Waals surface area contributed by atoms with Gasteiger partial charge in [-0.25, -0.2) is 8.78 Å². The minimum Gasteiger partial charge on any atom is -0.344 e. The highest BCUT2D eigenvalue weighted by Crippen LogP contribution is 2.30. The van der Waals surface area contributed by atoms with Gasteiger partial charge in [-0.15, -0.1) is 0 Å². The monoisotopic (exact) mass is 262 g/mol. The summed E-state index contributed by atoms with van der Waals surface area (Å²) >= 11 is 0. The van der Waals surface area contributed by atoms with Crippen LogP contribution in [0.25, 0.3) is 0 Å². The van der Waals surface area contributed by atoms with Crippen LogP contribution in [0.1, 0.15) is 18.5 Å². The maximum Gasteiger partial charge on any atom is 0.125 e. The summed E-state index contributed by atoms with van der Waals surface area (Å²) in [5, 5.41) is 0. The Hall–Kier alpha value is -1.94. The Morgan fingerprint density at radius 2 is 1.74 bits per heavy atom. The zero-order valence-corrected chi connectivity index (χ0v) is 10.9. The van der Waals surface area contributed by atoms with E-state index in [4.69, 9.17) is 5.73 Å². The Labute approximate surface area is 111 Å². The molecule has 2 N–H and O–H groups in total. The number of halogens is 2. The molecule has 19 heavy (non-hydrogen) atoms. The molecule has 1 atom stereocenters. The quantitative estimate of drug-likeness (QED) is 0.912. The Kier molecular flexibility index (Phi) is 3.81. The minimum absolute atomic E-state index is 0.304. The van der Waals surface area contributed by atoms with Crippen molar-refractivity contribution < 1.29 is 8.78 Å². The molecule has 0 aromatic heterocycles. The third-order valence-corrected chi connectivity index (χ3v) is 3.04. The topological polar surface area (TPSA) is 29.3 Å². The fourth-order valence-electron chi connectivity index (χ4n) is 2.02. The molecule has 1 unspecified atom stereocenters. The summed E-state index contributed by atoms with van der Waals surface area (Å²) in [6, 6.07) is 10.4. The summed E-state index contributed by atoms with van der Waals surface area (Å²) in [6.45, 7) is 1.79. The molecule has 0 amide bonds. The smallest absolute Gasteiger partial charge is 0.125 e. The number of rotatable bonds is 3. The summed E-state index contributed by atoms with van der Waals surface area (Å²) in [7, 11) is 1.80. The lowest BCUT2D eigenvalue weighted by Gasteiger charge is -2.24. The predicted octanol–water partition coefficient (Wildman–Crippen LogP) is 3.75. The maximum atomic E-state index is 13.3. The van der Waals surface area contributed by atoms with Gasteiger partial charge in [-0.05, 0) is 48.9 Å². The van der Waals surface area contributed by atoms with Crippen molar-refractivity contribution in [3.05, 3.63) is 59.7 Å². The van der Waals surface area contributed by atoms with E-state index in [1.165, 1.54) is 24.3 Å². The Morgan fingerprint density at radius 1 is 1.05 bits per heavy atom. The van der Waals surface area contributed by atoms with E-state index < -0.39 is 0 Å². The minimum atomic E-state index is -0.330. The van der Waals surface area contributed by atoms with Crippen molar-refractivity contribution in [1.82, 2.24) is 0 Å². The third kappa shape index (κ3) is 2.90. The van der Waals surface area contributed by atoms with Crippen LogP contribution in [-0.4, -0.2) is 7.05 Å². The van der Waals surface area contributed by atoms with Crippen LogP contribution in [0.3, 0.4) is 0 Å². The van der Waals surface area contributed by atoms with Crippen molar-refractivity contribution in [2.75, 3.05) is 11.9 Å². The molecule has 4 heteroatoms. The lowest BCUT2D eigenvalue weighted by molar-refractivity contribution is 0.622. The van der Waals surface area contributed by atoms with Crippen molar-refractivity contribution in [2.24, 2.45) is 5.73 Å². The first-order chi connectivity index (χ1) is 8.99. The van der Waals surface area contributed by atoms with Gasteiger partial charge in [-0.2, -0.15) is 0 Å². The average Bonchev–Trinajstić information content (AvgIpc) is 2.37. The maximum absolute atomic E-state index is 13.3. The van der Waals surface area contributed by atoms with Gasteiger partial charge in [0.25, 0.3) is 0 Å². The Bertz CT molecular complexity index is 582. The molecule has 0 aliphatic carbocycles. The molecule has 2 aromatic rings. The molecule has 0 saturated heterocycles. The second-order valence-corrected chi connectivity index (χ2v) is 4.53. The largest absolute Gasteiger partial charge is 0.344 e. The van der Waals surface area contributed by atoms with Crippen LogP contribution >= 0.6 is 0 Å². The molecule has 0 radical (unpaired) electrons. The van der Waals surface area contributed by atoms with E-state index in [9.17, 15) is 8.78 Å². The molecule has 0 saturated carbocycles. The SMILES string of the molecule is CC(N)c1cc(F)ccc1N(C)c1cccc(F)c1. The number of hydrogen-bond donors (Lipinski definition) is 1. The average molecular weight is 262 g/mol. The van der Waals surface area contributed by atoms with Crippen LogP contribution in [0, 0.1) is 11.6 Å². The van der Waals surface area contributed by atoms with Gasteiger partial charge in [-0.1, -0.05) is 6.07 Å². The van der Waals surface area contributed by atoms with Crippen LogP contribution in [0.4, 0.5) is 20.2 Å². The number of hydrogen-bond acceptors (Lipinski definition) is 2. The first-order valence-electron chi connectivity index (χ1n) is 6.03. The standard InChI is InChI=1S/C15H16F2N2/c1-10(18)14-9-12(17)6-7-15(14)19(2)13-5-3-4-11(16)8-13/h3-10H,18H2,1-2H3. The van der Waals surface area contributed by atoms with E-state index in [-0.39, 0.29) is 17.7 Å². The van der Waals surface area contributed by atoms with E-state index >= 15 is 0 Å². The van der Waals surface area contributed by atoms with Crippen LogP contribution in [0.2, 0.25) is 0 Å². The molecule has 0 bridgehead atoms. The van der Waals surface area contributed by atoms with Gasteiger partial charge in [0.15, 0.2) is 0 Å². The summed E-state index contributed by atoms with van der Waals surface area (Å²) in [5.41, 5.74) is 8.00. The van der Waals surface area contributed by atoms with E-state index in [0.29, 0.717) is 11.3 Å². The Morgan fingerprint density at radius 3 is 2.37 bits per heavy atom. The second-order valence-electron chi connectivity index (χ2n) is 4.53. The van der Waals surface area contributed by atoms with Gasteiger partial charge in [0.2, 0.25) is 0 Å². The molecule has 0 aliphatic rings. The fourth-order valence-corrected chi connectivity index (χ4v) is 2.02. The zero-order valence-electron chi connectivity index (χ0n) is 10.9. The fraction of sp³-hybridized carbons (Fsp3) is 0.200. The second kappa shape index (κ2) is 5.36. The third-order valence-electron chi connectivity index (χ3n) is 3.04.